The minimum absolute atomic E-state index is 0.0526. The Kier molecular flexibility index (Phi) is 3.78. The number of carbonyl (C=O) groups is 1. The highest BCUT2D eigenvalue weighted by Crippen LogP contribution is 2.31. The summed E-state index contributed by atoms with van der Waals surface area (Å²) in [6.45, 7) is 4.76. The van der Waals surface area contributed by atoms with Crippen LogP contribution in [0.5, 0.6) is 5.75 Å². The molecule has 2 aromatic rings. The minimum Gasteiger partial charge on any atom is -0.493 e. The van der Waals surface area contributed by atoms with Gasteiger partial charge in [0.05, 0.1) is 12.2 Å². The van der Waals surface area contributed by atoms with E-state index in [-0.39, 0.29) is 5.78 Å². The summed E-state index contributed by atoms with van der Waals surface area (Å²) in [4.78, 5) is 12.8. The third kappa shape index (κ3) is 2.85. The summed E-state index contributed by atoms with van der Waals surface area (Å²) in [7, 11) is 0. The maximum absolute atomic E-state index is 12.8. The summed E-state index contributed by atoms with van der Waals surface area (Å²) in [6, 6.07) is 11.8. The van der Waals surface area contributed by atoms with E-state index in [2.05, 4.69) is 6.07 Å². The van der Waals surface area contributed by atoms with Crippen molar-refractivity contribution in [1.29, 1.82) is 0 Å². The van der Waals surface area contributed by atoms with Gasteiger partial charge in [-0.1, -0.05) is 35.9 Å². The SMILES string of the molecule is Cc1ccc(C(=O)c2cc(C)cc3c2OCCCC3)cc1. The van der Waals surface area contributed by atoms with E-state index in [0.29, 0.717) is 12.2 Å². The van der Waals surface area contributed by atoms with Crippen LogP contribution in [-0.4, -0.2) is 12.4 Å². The van der Waals surface area contributed by atoms with Crippen LogP contribution in [0.2, 0.25) is 0 Å². The maximum atomic E-state index is 12.8. The molecular formula is C19H20O2. The Morgan fingerprint density at radius 1 is 1.00 bits per heavy atom. The van der Waals surface area contributed by atoms with E-state index >= 15 is 0 Å². The number of fused-ring (bicyclic) bond motifs is 1. The summed E-state index contributed by atoms with van der Waals surface area (Å²) in [5, 5.41) is 0. The fraction of sp³-hybridized carbons (Fsp3) is 0.316. The van der Waals surface area contributed by atoms with Crippen LogP contribution in [0.25, 0.3) is 0 Å². The van der Waals surface area contributed by atoms with Gasteiger partial charge in [0.2, 0.25) is 0 Å². The number of ether oxygens (including phenoxy) is 1. The number of ketones is 1. The van der Waals surface area contributed by atoms with Crippen molar-refractivity contribution < 1.29 is 9.53 Å². The van der Waals surface area contributed by atoms with Crippen LogP contribution in [-0.2, 0) is 6.42 Å². The molecule has 3 rings (SSSR count). The molecule has 2 aromatic carbocycles. The number of rotatable bonds is 2. The Morgan fingerprint density at radius 2 is 1.76 bits per heavy atom. The van der Waals surface area contributed by atoms with Gasteiger partial charge in [-0.25, -0.2) is 0 Å². The molecule has 0 unspecified atom stereocenters. The molecule has 0 aliphatic carbocycles. The molecule has 0 saturated heterocycles. The van der Waals surface area contributed by atoms with E-state index in [1.54, 1.807) is 0 Å². The van der Waals surface area contributed by atoms with Gasteiger partial charge in [0.25, 0.3) is 0 Å². The lowest BCUT2D eigenvalue weighted by molar-refractivity contribution is 0.103. The lowest BCUT2D eigenvalue weighted by Crippen LogP contribution is -2.07. The average Bonchev–Trinajstić information content (AvgIpc) is 2.71. The van der Waals surface area contributed by atoms with E-state index in [9.17, 15) is 4.79 Å². The predicted molar refractivity (Wildman–Crippen MR) is 84.2 cm³/mol. The molecule has 0 N–H and O–H groups in total. The second kappa shape index (κ2) is 5.72. The van der Waals surface area contributed by atoms with Gasteiger partial charge in [0.15, 0.2) is 5.78 Å². The van der Waals surface area contributed by atoms with Crippen molar-refractivity contribution in [2.24, 2.45) is 0 Å². The van der Waals surface area contributed by atoms with Crippen molar-refractivity contribution in [2.75, 3.05) is 6.61 Å². The highest BCUT2D eigenvalue weighted by Gasteiger charge is 2.20. The molecule has 0 amide bonds. The standard InChI is InChI=1S/C19H20O2/c1-13-6-8-15(9-7-13)18(20)17-12-14(2)11-16-5-3-4-10-21-19(16)17/h6-9,11-12H,3-5,10H2,1-2H3. The topological polar surface area (TPSA) is 26.3 Å². The van der Waals surface area contributed by atoms with E-state index in [0.717, 1.165) is 41.7 Å². The van der Waals surface area contributed by atoms with Gasteiger partial charge >= 0.3 is 0 Å². The van der Waals surface area contributed by atoms with E-state index in [1.807, 2.05) is 44.2 Å². The Labute approximate surface area is 125 Å². The third-order valence-corrected chi connectivity index (χ3v) is 3.96. The van der Waals surface area contributed by atoms with E-state index in [1.165, 1.54) is 5.56 Å². The molecular weight excluding hydrogens is 260 g/mol. The number of hydrogen-bond donors (Lipinski definition) is 0. The number of aryl methyl sites for hydroxylation is 3. The van der Waals surface area contributed by atoms with Gasteiger partial charge in [-0.2, -0.15) is 0 Å². The quantitative estimate of drug-likeness (QED) is 0.769. The lowest BCUT2D eigenvalue weighted by Gasteiger charge is -2.14. The van der Waals surface area contributed by atoms with Crippen molar-refractivity contribution in [2.45, 2.75) is 33.1 Å². The molecule has 2 heteroatoms. The zero-order chi connectivity index (χ0) is 14.8. The summed E-state index contributed by atoms with van der Waals surface area (Å²) in [5.74, 6) is 0.848. The smallest absolute Gasteiger partial charge is 0.196 e. The van der Waals surface area contributed by atoms with Crippen LogP contribution in [0, 0.1) is 13.8 Å². The zero-order valence-electron chi connectivity index (χ0n) is 12.6. The van der Waals surface area contributed by atoms with Crippen molar-refractivity contribution in [3.05, 3.63) is 64.2 Å². The first-order chi connectivity index (χ1) is 10.1. The Bertz CT molecular complexity index is 669. The summed E-state index contributed by atoms with van der Waals surface area (Å²) < 4.78 is 5.88. The van der Waals surface area contributed by atoms with Gasteiger partial charge in [-0.3, -0.25) is 4.79 Å². The lowest BCUT2D eigenvalue weighted by atomic mass is 9.95. The maximum Gasteiger partial charge on any atom is 0.196 e. The highest BCUT2D eigenvalue weighted by atomic mass is 16.5. The fourth-order valence-electron chi connectivity index (χ4n) is 2.83. The van der Waals surface area contributed by atoms with Crippen LogP contribution >= 0.6 is 0 Å². The number of hydrogen-bond acceptors (Lipinski definition) is 2. The van der Waals surface area contributed by atoms with Gasteiger partial charge < -0.3 is 4.74 Å². The normalized spacial score (nSPS) is 14.0. The van der Waals surface area contributed by atoms with Gasteiger partial charge in [-0.15, -0.1) is 0 Å². The first kappa shape index (κ1) is 13.9. The second-order valence-corrected chi connectivity index (χ2v) is 5.80. The first-order valence-electron chi connectivity index (χ1n) is 7.53. The van der Waals surface area contributed by atoms with Crippen LogP contribution in [0.1, 0.15) is 45.5 Å². The molecule has 1 aliphatic heterocycles. The van der Waals surface area contributed by atoms with Crippen molar-refractivity contribution in [1.82, 2.24) is 0 Å². The highest BCUT2D eigenvalue weighted by molar-refractivity contribution is 6.11. The fourth-order valence-corrected chi connectivity index (χ4v) is 2.83. The Hall–Kier alpha value is -2.09. The molecule has 0 saturated carbocycles. The molecule has 1 heterocycles. The van der Waals surface area contributed by atoms with Gasteiger partial charge in [-0.05, 0) is 50.3 Å². The van der Waals surface area contributed by atoms with Gasteiger partial charge in [0, 0.05) is 5.56 Å². The molecule has 108 valence electrons. The van der Waals surface area contributed by atoms with Crippen LogP contribution in [0.3, 0.4) is 0 Å². The summed E-state index contributed by atoms with van der Waals surface area (Å²) in [6.07, 6.45) is 3.16. The number of carbonyl (C=O) groups excluding carboxylic acids is 1. The van der Waals surface area contributed by atoms with Crippen LogP contribution in [0.4, 0.5) is 0 Å². The van der Waals surface area contributed by atoms with E-state index in [4.69, 9.17) is 4.74 Å². The number of benzene rings is 2. The van der Waals surface area contributed by atoms with Crippen molar-refractivity contribution >= 4 is 5.78 Å². The second-order valence-electron chi connectivity index (χ2n) is 5.80. The molecule has 0 radical (unpaired) electrons. The van der Waals surface area contributed by atoms with Crippen molar-refractivity contribution in [3.8, 4) is 5.75 Å². The molecule has 0 fully saturated rings. The largest absolute Gasteiger partial charge is 0.493 e. The van der Waals surface area contributed by atoms with E-state index < -0.39 is 0 Å². The Morgan fingerprint density at radius 3 is 2.52 bits per heavy atom. The molecule has 0 spiro atoms. The average molecular weight is 280 g/mol. The van der Waals surface area contributed by atoms with Gasteiger partial charge in [0.1, 0.15) is 5.75 Å². The Balaban J connectivity index is 2.07. The first-order valence-corrected chi connectivity index (χ1v) is 7.53. The molecule has 1 aliphatic rings. The monoisotopic (exact) mass is 280 g/mol. The van der Waals surface area contributed by atoms with Crippen LogP contribution in [0.15, 0.2) is 36.4 Å². The zero-order valence-corrected chi connectivity index (χ0v) is 12.6. The predicted octanol–water partition coefficient (Wildman–Crippen LogP) is 4.25. The molecule has 0 bridgehead atoms. The summed E-state index contributed by atoms with van der Waals surface area (Å²) in [5.41, 5.74) is 4.88. The molecule has 0 atom stereocenters. The molecule has 2 nitrogen and oxygen atoms in total. The summed E-state index contributed by atoms with van der Waals surface area (Å²) >= 11 is 0. The molecule has 0 aromatic heterocycles. The van der Waals surface area contributed by atoms with Crippen molar-refractivity contribution in [3.63, 3.8) is 0 Å². The minimum atomic E-state index is 0.0526. The molecule has 21 heavy (non-hydrogen) atoms. The van der Waals surface area contributed by atoms with Crippen LogP contribution < -0.4 is 4.74 Å². The third-order valence-electron chi connectivity index (χ3n) is 3.96.